The van der Waals surface area contributed by atoms with Gasteiger partial charge in [-0.25, -0.2) is 0 Å². The van der Waals surface area contributed by atoms with Crippen LogP contribution in [0.15, 0.2) is 207 Å². The third-order valence-electron chi connectivity index (χ3n) is 11.9. The van der Waals surface area contributed by atoms with Crippen LogP contribution in [0.4, 0.5) is 34.4 Å². The van der Waals surface area contributed by atoms with Crippen molar-refractivity contribution in [1.82, 2.24) is 9.97 Å². The lowest BCUT2D eigenvalue weighted by atomic mass is 10.1. The molecule has 0 radical (unpaired) electrons. The third-order valence-corrected chi connectivity index (χ3v) is 11.9. The Morgan fingerprint density at radius 2 is 0.689 bits per heavy atom. The zero-order chi connectivity index (χ0) is 40.0. The molecule has 0 bridgehead atoms. The van der Waals surface area contributed by atoms with E-state index in [0.717, 1.165) is 98.9 Å². The molecule has 8 aromatic carbocycles. The number of hydrogen-bond donors (Lipinski definition) is 0. The zero-order valence-corrected chi connectivity index (χ0v) is 32.5. The molecule has 0 saturated heterocycles. The maximum atomic E-state index is 6.66. The zero-order valence-electron chi connectivity index (χ0n) is 32.5. The van der Waals surface area contributed by atoms with E-state index in [9.17, 15) is 0 Å². The summed E-state index contributed by atoms with van der Waals surface area (Å²) in [6, 6.07) is 66.9. The van der Waals surface area contributed by atoms with Gasteiger partial charge in [-0.1, -0.05) is 109 Å². The number of anilines is 6. The lowest BCUT2D eigenvalue weighted by molar-refractivity contribution is 0.640. The standard InChI is InChI=1S/C54H32N4O3/c1-3-15-37-33(11-1)13-9-19-45(37)57(35-23-25-41-39-17-5-7-21-47(39)59-49(41)31-35)51-29-27-43-44-28-30-52(56-54(44)61-53(43)55-51)58(46-20-10-14-34-12-2-4-16-38(34)46)36-24-26-42-40-18-6-8-22-48(40)60-50(42)32-36/h1-32H. The fraction of sp³-hybridized carbons (Fsp3) is 0. The van der Waals surface area contributed by atoms with Crippen molar-refractivity contribution in [2.75, 3.05) is 9.80 Å². The first-order valence-corrected chi connectivity index (χ1v) is 20.3. The summed E-state index contributed by atoms with van der Waals surface area (Å²) in [4.78, 5) is 14.8. The Hall–Kier alpha value is -8.42. The highest BCUT2D eigenvalue weighted by molar-refractivity contribution is 6.09. The molecule has 0 N–H and O–H groups in total. The van der Waals surface area contributed by atoms with Crippen LogP contribution < -0.4 is 9.80 Å². The summed E-state index contributed by atoms with van der Waals surface area (Å²) in [6.45, 7) is 0. The monoisotopic (exact) mass is 784 g/mol. The maximum absolute atomic E-state index is 6.66. The lowest BCUT2D eigenvalue weighted by Gasteiger charge is -2.25. The molecule has 0 spiro atoms. The lowest BCUT2D eigenvalue weighted by Crippen LogP contribution is -2.12. The number of fused-ring (bicyclic) bond motifs is 11. The SMILES string of the molecule is c1ccc2c(N(c3ccc4c(c3)oc3ccccc34)c3ccc4c(n3)oc3nc(N(c5ccc6c(c5)oc5ccccc56)c5cccc6ccccc56)ccc34)cccc2c1. The molecule has 5 aromatic heterocycles. The van der Waals surface area contributed by atoms with Crippen molar-refractivity contribution < 1.29 is 13.3 Å². The van der Waals surface area contributed by atoms with Crippen molar-refractivity contribution in [3.05, 3.63) is 194 Å². The molecule has 0 atom stereocenters. The number of furan rings is 3. The first-order valence-electron chi connectivity index (χ1n) is 20.3. The van der Waals surface area contributed by atoms with Crippen molar-refractivity contribution in [3.8, 4) is 0 Å². The molecule has 286 valence electrons. The molecular formula is C54H32N4O3. The van der Waals surface area contributed by atoms with Crippen LogP contribution in [0.25, 0.3) is 87.6 Å². The van der Waals surface area contributed by atoms with Crippen molar-refractivity contribution in [2.24, 2.45) is 0 Å². The molecule has 0 amide bonds. The molecule has 0 saturated carbocycles. The summed E-state index contributed by atoms with van der Waals surface area (Å²) in [7, 11) is 0. The fourth-order valence-corrected chi connectivity index (χ4v) is 9.07. The summed E-state index contributed by atoms with van der Waals surface area (Å²) in [6.07, 6.45) is 0. The molecule has 7 heteroatoms. The molecule has 0 aliphatic carbocycles. The van der Waals surface area contributed by atoms with Gasteiger partial charge in [0.1, 0.15) is 34.0 Å². The van der Waals surface area contributed by atoms with Gasteiger partial charge in [0.25, 0.3) is 0 Å². The number of benzene rings is 8. The van der Waals surface area contributed by atoms with Crippen LogP contribution in [0.3, 0.4) is 0 Å². The average Bonchev–Trinajstić information content (AvgIpc) is 3.99. The highest BCUT2D eigenvalue weighted by Crippen LogP contribution is 2.44. The van der Waals surface area contributed by atoms with E-state index >= 15 is 0 Å². The summed E-state index contributed by atoms with van der Waals surface area (Å²) >= 11 is 0. The molecule has 7 nitrogen and oxygen atoms in total. The quantitative estimate of drug-likeness (QED) is 0.166. The minimum Gasteiger partial charge on any atom is -0.456 e. The molecule has 13 rings (SSSR count). The minimum atomic E-state index is 0.493. The third kappa shape index (κ3) is 5.24. The number of pyridine rings is 2. The Bertz CT molecular complexity index is 3620. The van der Waals surface area contributed by atoms with Gasteiger partial charge >= 0.3 is 0 Å². The summed E-state index contributed by atoms with van der Waals surface area (Å²) < 4.78 is 19.4. The van der Waals surface area contributed by atoms with E-state index < -0.39 is 0 Å². The van der Waals surface area contributed by atoms with Crippen molar-refractivity contribution >= 4 is 122 Å². The van der Waals surface area contributed by atoms with Gasteiger partial charge in [-0.05, 0) is 83.6 Å². The fourth-order valence-electron chi connectivity index (χ4n) is 9.07. The van der Waals surface area contributed by atoms with E-state index in [-0.39, 0.29) is 0 Å². The van der Waals surface area contributed by atoms with Crippen molar-refractivity contribution in [1.29, 1.82) is 0 Å². The Balaban J connectivity index is 0.981. The Kier molecular flexibility index (Phi) is 7.17. The van der Waals surface area contributed by atoms with Crippen LogP contribution in [-0.2, 0) is 0 Å². The van der Waals surface area contributed by atoms with E-state index in [1.54, 1.807) is 0 Å². The van der Waals surface area contributed by atoms with Crippen LogP contribution in [0.2, 0.25) is 0 Å². The predicted molar refractivity (Wildman–Crippen MR) is 248 cm³/mol. The van der Waals surface area contributed by atoms with Crippen LogP contribution in [0.5, 0.6) is 0 Å². The molecule has 13 aromatic rings. The van der Waals surface area contributed by atoms with Gasteiger partial charge < -0.3 is 13.3 Å². The Labute approximate surface area is 347 Å². The Morgan fingerprint density at radius 1 is 0.295 bits per heavy atom. The molecule has 0 aliphatic heterocycles. The van der Waals surface area contributed by atoms with E-state index in [1.165, 1.54) is 0 Å². The van der Waals surface area contributed by atoms with Crippen LogP contribution in [0.1, 0.15) is 0 Å². The minimum absolute atomic E-state index is 0.493. The van der Waals surface area contributed by atoms with Gasteiger partial charge in [0.15, 0.2) is 0 Å². The number of aromatic nitrogens is 2. The second kappa shape index (κ2) is 13.0. The van der Waals surface area contributed by atoms with Crippen molar-refractivity contribution in [2.45, 2.75) is 0 Å². The summed E-state index contributed by atoms with van der Waals surface area (Å²) in [5.41, 5.74) is 8.12. The normalized spacial score (nSPS) is 11.9. The largest absolute Gasteiger partial charge is 0.456 e. The second-order valence-electron chi connectivity index (χ2n) is 15.4. The van der Waals surface area contributed by atoms with Gasteiger partial charge in [0, 0.05) is 44.5 Å². The van der Waals surface area contributed by atoms with Gasteiger partial charge in [0.05, 0.1) is 33.5 Å². The van der Waals surface area contributed by atoms with E-state index in [0.29, 0.717) is 23.1 Å². The molecule has 5 heterocycles. The molecular weight excluding hydrogens is 753 g/mol. The van der Waals surface area contributed by atoms with Gasteiger partial charge in [-0.15, -0.1) is 0 Å². The van der Waals surface area contributed by atoms with Crippen LogP contribution in [-0.4, -0.2) is 9.97 Å². The highest BCUT2D eigenvalue weighted by Gasteiger charge is 2.23. The maximum Gasteiger partial charge on any atom is 0.231 e. The van der Waals surface area contributed by atoms with E-state index in [2.05, 4.69) is 168 Å². The number of nitrogens with zero attached hydrogens (tertiary/aromatic N) is 4. The van der Waals surface area contributed by atoms with E-state index in [4.69, 9.17) is 23.2 Å². The topological polar surface area (TPSA) is 71.7 Å². The van der Waals surface area contributed by atoms with Crippen LogP contribution >= 0.6 is 0 Å². The number of para-hydroxylation sites is 2. The first-order chi connectivity index (χ1) is 30.2. The molecule has 0 fully saturated rings. The van der Waals surface area contributed by atoms with E-state index in [1.807, 2.05) is 36.4 Å². The smallest absolute Gasteiger partial charge is 0.231 e. The first kappa shape index (κ1) is 33.5. The summed E-state index contributed by atoms with van der Waals surface area (Å²) in [5.74, 6) is 1.41. The molecule has 0 unspecified atom stereocenters. The summed E-state index contributed by atoms with van der Waals surface area (Å²) in [5, 5.41) is 10.5. The highest BCUT2D eigenvalue weighted by atomic mass is 16.3. The van der Waals surface area contributed by atoms with Crippen molar-refractivity contribution in [3.63, 3.8) is 0 Å². The predicted octanol–water partition coefficient (Wildman–Crippen LogP) is 15.4. The Morgan fingerprint density at radius 3 is 1.18 bits per heavy atom. The van der Waals surface area contributed by atoms with Crippen LogP contribution in [0, 0.1) is 0 Å². The average molecular weight is 785 g/mol. The van der Waals surface area contributed by atoms with Gasteiger partial charge in [-0.2, -0.15) is 9.97 Å². The van der Waals surface area contributed by atoms with Gasteiger partial charge in [-0.3, -0.25) is 9.80 Å². The van der Waals surface area contributed by atoms with Gasteiger partial charge in [0.2, 0.25) is 11.4 Å². The second-order valence-corrected chi connectivity index (χ2v) is 15.4. The number of rotatable bonds is 6. The molecule has 61 heavy (non-hydrogen) atoms. The number of hydrogen-bond acceptors (Lipinski definition) is 7. The molecule has 0 aliphatic rings.